The first-order valence-electron chi connectivity index (χ1n) is 10.3. The molecule has 1 aliphatic rings. The Kier molecular flexibility index (Phi) is 7.48. The van der Waals surface area contributed by atoms with Gasteiger partial charge >= 0.3 is 0 Å². The second-order valence-corrected chi connectivity index (χ2v) is 7.85. The third-order valence-electron chi connectivity index (χ3n) is 5.64. The lowest BCUT2D eigenvalue weighted by Gasteiger charge is -2.30. The molecule has 1 aliphatic heterocycles. The number of fused-ring (bicyclic) bond motifs is 1. The Morgan fingerprint density at radius 2 is 1.96 bits per heavy atom. The molecule has 28 heavy (non-hydrogen) atoms. The van der Waals surface area contributed by atoms with E-state index in [-0.39, 0.29) is 11.3 Å². The number of phenols is 1. The van der Waals surface area contributed by atoms with Gasteiger partial charge in [-0.15, -0.1) is 0 Å². The van der Waals surface area contributed by atoms with Crippen LogP contribution < -0.4 is 10.9 Å². The Balaban J connectivity index is 1.38. The number of benzene rings is 1. The summed E-state index contributed by atoms with van der Waals surface area (Å²) in [4.78, 5) is 16.7. The number of aliphatic hydroxyl groups is 1. The van der Waals surface area contributed by atoms with Gasteiger partial charge in [0.2, 0.25) is 5.56 Å². The van der Waals surface area contributed by atoms with Crippen LogP contribution in [0.25, 0.3) is 10.9 Å². The van der Waals surface area contributed by atoms with E-state index in [1.807, 2.05) is 0 Å². The molecule has 0 unspecified atom stereocenters. The van der Waals surface area contributed by atoms with Crippen molar-refractivity contribution in [3.63, 3.8) is 0 Å². The van der Waals surface area contributed by atoms with E-state index >= 15 is 0 Å². The smallest absolute Gasteiger partial charge is 0.248 e. The Hall–Kier alpha value is -1.89. The van der Waals surface area contributed by atoms with Gasteiger partial charge in [0, 0.05) is 18.0 Å². The van der Waals surface area contributed by atoms with Crippen molar-refractivity contribution in [3.8, 4) is 5.75 Å². The van der Waals surface area contributed by atoms with Crippen LogP contribution in [0.5, 0.6) is 5.75 Å². The standard InChI is InChI=1S/C22H32N3O3/c1-16-9-13-25(14-10-16)12-4-2-3-11-23-15-20(27)17-5-7-19(26)22-18(17)6-8-21(28)24-22/h5-8,16,20,23,26-27H,1-4,9-15H2,(H,24,28)/t20-/m0/s1. The lowest BCUT2D eigenvalue weighted by Crippen LogP contribution is -2.33. The summed E-state index contributed by atoms with van der Waals surface area (Å²) in [5.74, 6) is 0.647. The molecule has 1 aromatic carbocycles. The van der Waals surface area contributed by atoms with E-state index in [2.05, 4.69) is 22.1 Å². The largest absolute Gasteiger partial charge is 0.506 e. The Morgan fingerprint density at radius 3 is 2.75 bits per heavy atom. The maximum atomic E-state index is 11.5. The van der Waals surface area contributed by atoms with Crippen LogP contribution in [0.3, 0.4) is 0 Å². The van der Waals surface area contributed by atoms with Gasteiger partial charge in [-0.2, -0.15) is 0 Å². The van der Waals surface area contributed by atoms with Crippen molar-refractivity contribution in [1.29, 1.82) is 0 Å². The quantitative estimate of drug-likeness (QED) is 0.498. The van der Waals surface area contributed by atoms with Crippen LogP contribution in [-0.2, 0) is 0 Å². The van der Waals surface area contributed by atoms with E-state index in [1.165, 1.54) is 57.5 Å². The van der Waals surface area contributed by atoms with E-state index in [0.717, 1.165) is 13.0 Å². The highest BCUT2D eigenvalue weighted by molar-refractivity contribution is 5.87. The summed E-state index contributed by atoms with van der Waals surface area (Å²) < 4.78 is 0. The Bertz CT molecular complexity index is 812. The summed E-state index contributed by atoms with van der Waals surface area (Å²) in [5, 5.41) is 24.4. The van der Waals surface area contributed by atoms with E-state index in [9.17, 15) is 15.0 Å². The molecule has 1 fully saturated rings. The van der Waals surface area contributed by atoms with Gasteiger partial charge in [-0.3, -0.25) is 4.79 Å². The van der Waals surface area contributed by atoms with Crippen LogP contribution in [-0.4, -0.2) is 52.8 Å². The number of aromatic hydroxyl groups is 1. The number of aromatic amines is 1. The second-order valence-electron chi connectivity index (χ2n) is 7.85. The van der Waals surface area contributed by atoms with Crippen molar-refractivity contribution in [2.24, 2.45) is 5.92 Å². The summed E-state index contributed by atoms with van der Waals surface area (Å²) in [6, 6.07) is 6.26. The third-order valence-corrected chi connectivity index (χ3v) is 5.64. The minimum atomic E-state index is -0.696. The van der Waals surface area contributed by atoms with Gasteiger partial charge < -0.3 is 25.4 Å². The molecule has 153 valence electrons. The van der Waals surface area contributed by atoms with E-state index < -0.39 is 6.10 Å². The van der Waals surface area contributed by atoms with Crippen LogP contribution in [0.4, 0.5) is 0 Å². The molecule has 4 N–H and O–H groups in total. The monoisotopic (exact) mass is 386 g/mol. The molecule has 0 amide bonds. The molecule has 2 heterocycles. The average molecular weight is 387 g/mol. The molecular weight excluding hydrogens is 354 g/mol. The van der Waals surface area contributed by atoms with Crippen molar-refractivity contribution in [2.45, 2.75) is 38.2 Å². The van der Waals surface area contributed by atoms with Gasteiger partial charge in [0.25, 0.3) is 0 Å². The van der Waals surface area contributed by atoms with Crippen molar-refractivity contribution < 1.29 is 10.2 Å². The second kappa shape index (κ2) is 10.0. The molecule has 6 heteroatoms. The van der Waals surface area contributed by atoms with Crippen molar-refractivity contribution in [1.82, 2.24) is 15.2 Å². The first kappa shape index (κ1) is 20.8. The Labute approximate surface area is 166 Å². The number of phenolic OH excluding ortho intramolecular Hbond substituents is 1. The molecule has 0 spiro atoms. The van der Waals surface area contributed by atoms with E-state index in [1.54, 1.807) is 12.1 Å². The number of likely N-dealkylation sites (tertiary alicyclic amines) is 1. The number of piperidine rings is 1. The van der Waals surface area contributed by atoms with E-state index in [0.29, 0.717) is 28.9 Å². The topological polar surface area (TPSA) is 88.6 Å². The summed E-state index contributed by atoms with van der Waals surface area (Å²) in [6.45, 7) is 8.99. The molecule has 3 rings (SSSR count). The van der Waals surface area contributed by atoms with Crippen LogP contribution in [0, 0.1) is 12.8 Å². The fraction of sp³-hybridized carbons (Fsp3) is 0.545. The molecule has 1 radical (unpaired) electrons. The number of nitrogens with one attached hydrogen (secondary N) is 2. The zero-order valence-electron chi connectivity index (χ0n) is 16.5. The van der Waals surface area contributed by atoms with E-state index in [4.69, 9.17) is 0 Å². The summed E-state index contributed by atoms with van der Waals surface area (Å²) in [7, 11) is 0. The average Bonchev–Trinajstić information content (AvgIpc) is 2.69. The van der Waals surface area contributed by atoms with Crippen LogP contribution in [0.1, 0.15) is 43.8 Å². The number of nitrogens with zero attached hydrogens (tertiary/aromatic N) is 1. The zero-order chi connectivity index (χ0) is 19.9. The number of hydrogen-bond donors (Lipinski definition) is 4. The first-order chi connectivity index (χ1) is 13.5. The van der Waals surface area contributed by atoms with Crippen molar-refractivity contribution in [3.05, 3.63) is 47.1 Å². The first-order valence-corrected chi connectivity index (χ1v) is 10.3. The van der Waals surface area contributed by atoms with Gasteiger partial charge in [-0.25, -0.2) is 0 Å². The van der Waals surface area contributed by atoms with Crippen LogP contribution in [0.15, 0.2) is 29.1 Å². The molecule has 2 aromatic rings. The lowest BCUT2D eigenvalue weighted by atomic mass is 9.99. The predicted octanol–water partition coefficient (Wildman–Crippen LogP) is 2.57. The number of pyridine rings is 1. The number of aliphatic hydroxyl groups excluding tert-OH is 1. The SMILES string of the molecule is [CH2]C1CCN(CCCCCNC[C@H](O)c2ccc(O)c3[nH]c(=O)ccc23)CC1. The van der Waals surface area contributed by atoms with Gasteiger partial charge in [-0.1, -0.05) is 19.4 Å². The molecule has 0 saturated carbocycles. The molecule has 1 atom stereocenters. The van der Waals surface area contributed by atoms with Crippen molar-refractivity contribution >= 4 is 10.9 Å². The minimum absolute atomic E-state index is 0.0102. The number of unbranched alkanes of at least 4 members (excludes halogenated alkanes) is 2. The van der Waals surface area contributed by atoms with Crippen LogP contribution >= 0.6 is 0 Å². The highest BCUT2D eigenvalue weighted by Gasteiger charge is 2.15. The number of H-pyrrole nitrogens is 1. The molecule has 0 aliphatic carbocycles. The summed E-state index contributed by atoms with van der Waals surface area (Å²) >= 11 is 0. The summed E-state index contributed by atoms with van der Waals surface area (Å²) in [6.07, 6.45) is 5.22. The van der Waals surface area contributed by atoms with Crippen molar-refractivity contribution in [2.75, 3.05) is 32.7 Å². The number of hydrogen-bond acceptors (Lipinski definition) is 5. The number of aromatic nitrogens is 1. The highest BCUT2D eigenvalue weighted by atomic mass is 16.3. The van der Waals surface area contributed by atoms with Gasteiger partial charge in [0.1, 0.15) is 5.75 Å². The normalized spacial score (nSPS) is 17.2. The lowest BCUT2D eigenvalue weighted by molar-refractivity contribution is 0.175. The molecule has 0 bridgehead atoms. The fourth-order valence-corrected chi connectivity index (χ4v) is 3.87. The molecule has 1 aromatic heterocycles. The maximum absolute atomic E-state index is 11.5. The minimum Gasteiger partial charge on any atom is -0.506 e. The summed E-state index contributed by atoms with van der Waals surface area (Å²) in [5.41, 5.74) is 0.792. The Morgan fingerprint density at radius 1 is 1.18 bits per heavy atom. The van der Waals surface area contributed by atoms with Gasteiger partial charge in [0.15, 0.2) is 0 Å². The third kappa shape index (κ3) is 5.56. The van der Waals surface area contributed by atoms with Gasteiger partial charge in [0.05, 0.1) is 11.6 Å². The molecule has 6 nitrogen and oxygen atoms in total. The highest BCUT2D eigenvalue weighted by Crippen LogP contribution is 2.28. The fourth-order valence-electron chi connectivity index (χ4n) is 3.87. The van der Waals surface area contributed by atoms with Crippen LogP contribution in [0.2, 0.25) is 0 Å². The molecule has 1 saturated heterocycles. The zero-order valence-corrected chi connectivity index (χ0v) is 16.5. The number of rotatable bonds is 9. The maximum Gasteiger partial charge on any atom is 0.248 e. The predicted molar refractivity (Wildman–Crippen MR) is 112 cm³/mol. The molecular formula is C22H32N3O3. The van der Waals surface area contributed by atoms with Gasteiger partial charge in [-0.05, 0) is 75.5 Å².